The first-order chi connectivity index (χ1) is 35.2. The molecule has 71 heavy (non-hydrogen) atoms. The van der Waals surface area contributed by atoms with E-state index < -0.39 is 13.5 Å². The lowest BCUT2D eigenvalue weighted by molar-refractivity contribution is 0.669. The number of rotatable bonds is 6. The van der Waals surface area contributed by atoms with Crippen molar-refractivity contribution in [2.45, 2.75) is 15.2 Å². The third kappa shape index (κ3) is 5.60. The lowest BCUT2D eigenvalue weighted by Crippen LogP contribution is -2.75. The molecule has 2 aliphatic rings. The Morgan fingerprint density at radius 3 is 1.73 bits per heavy atom. The fourth-order valence-electron chi connectivity index (χ4n) is 12.8. The molecule has 0 aliphatic carbocycles. The van der Waals surface area contributed by atoms with Crippen molar-refractivity contribution in [1.82, 2.24) is 4.57 Å². The van der Waals surface area contributed by atoms with Crippen molar-refractivity contribution >= 4 is 84.3 Å². The summed E-state index contributed by atoms with van der Waals surface area (Å²) in [6, 6.07) is 98.1. The van der Waals surface area contributed by atoms with E-state index in [4.69, 9.17) is 4.42 Å². The lowest BCUT2D eigenvalue weighted by Gasteiger charge is -2.46. The minimum Gasteiger partial charge on any atom is -0.456 e. The van der Waals surface area contributed by atoms with E-state index in [-0.39, 0.29) is 0 Å². The van der Waals surface area contributed by atoms with Gasteiger partial charge in [-0.15, -0.1) is 0 Å². The molecule has 0 fully saturated rings. The Morgan fingerprint density at radius 1 is 0.380 bits per heavy atom. The van der Waals surface area contributed by atoms with Gasteiger partial charge in [-0.1, -0.05) is 230 Å². The van der Waals surface area contributed by atoms with E-state index in [1.165, 1.54) is 103 Å². The van der Waals surface area contributed by atoms with Gasteiger partial charge < -0.3 is 8.98 Å². The first-order valence-corrected chi connectivity index (χ1v) is 27.3. The Bertz CT molecular complexity index is 4180. The summed E-state index contributed by atoms with van der Waals surface area (Å²) >= 11 is 1.89. The van der Waals surface area contributed by atoms with E-state index in [0.717, 1.165) is 21.9 Å². The smallest absolute Gasteiger partial charge is 0.180 e. The SMILES string of the molecule is c1ccc(-c2ccccc2[Si](c2ccccc2)(c2ccccc2)c2ccc3c(c2)-n2c4ccc(-c5cccc6oc7ccccc7c56)cc4c4cccc(c42)C32c3ccccc3Sc3ccccc32)cc1. The molecule has 0 N–H and O–H groups in total. The van der Waals surface area contributed by atoms with Crippen molar-refractivity contribution in [3.8, 4) is 27.9 Å². The topological polar surface area (TPSA) is 18.1 Å². The summed E-state index contributed by atoms with van der Waals surface area (Å²) in [4.78, 5) is 2.58. The summed E-state index contributed by atoms with van der Waals surface area (Å²) in [7, 11) is -3.13. The van der Waals surface area contributed by atoms with Crippen LogP contribution < -0.4 is 20.7 Å². The summed E-state index contributed by atoms with van der Waals surface area (Å²) in [5, 5.41) is 10.2. The molecule has 13 aromatic rings. The predicted octanol–water partition coefficient (Wildman–Crippen LogP) is 14.6. The van der Waals surface area contributed by atoms with Crippen LogP contribution in [0.25, 0.3) is 71.7 Å². The highest BCUT2D eigenvalue weighted by atomic mass is 32.2. The molecule has 4 heterocycles. The van der Waals surface area contributed by atoms with Crippen molar-refractivity contribution in [3.63, 3.8) is 0 Å². The second kappa shape index (κ2) is 15.5. The van der Waals surface area contributed by atoms with Crippen LogP contribution in [0.1, 0.15) is 22.3 Å². The highest BCUT2D eigenvalue weighted by Gasteiger charge is 2.51. The van der Waals surface area contributed by atoms with Crippen LogP contribution in [0.2, 0.25) is 0 Å². The number of furan rings is 1. The van der Waals surface area contributed by atoms with Gasteiger partial charge in [0.1, 0.15) is 11.2 Å². The van der Waals surface area contributed by atoms with Gasteiger partial charge in [0.25, 0.3) is 0 Å². The molecule has 11 aromatic carbocycles. The van der Waals surface area contributed by atoms with E-state index in [1.54, 1.807) is 0 Å². The summed E-state index contributed by atoms with van der Waals surface area (Å²) in [5.74, 6) is 0. The van der Waals surface area contributed by atoms with Crippen molar-refractivity contribution in [2.75, 3.05) is 0 Å². The van der Waals surface area contributed by atoms with Gasteiger partial charge in [0, 0.05) is 31.3 Å². The molecule has 15 rings (SSSR count). The minimum atomic E-state index is -3.13. The molecule has 2 nitrogen and oxygen atoms in total. The van der Waals surface area contributed by atoms with Crippen molar-refractivity contribution in [1.29, 1.82) is 0 Å². The number of para-hydroxylation sites is 2. The monoisotopic (exact) mass is 937 g/mol. The van der Waals surface area contributed by atoms with E-state index in [0.29, 0.717) is 0 Å². The molecular formula is C67H43NOSSi. The third-order valence-corrected chi connectivity index (χ3v) is 21.6. The van der Waals surface area contributed by atoms with Gasteiger partial charge in [-0.3, -0.25) is 0 Å². The van der Waals surface area contributed by atoms with Crippen LogP contribution in [0.4, 0.5) is 0 Å². The van der Waals surface area contributed by atoms with Crippen LogP contribution >= 0.6 is 11.8 Å². The zero-order valence-corrected chi connectivity index (χ0v) is 40.4. The second-order valence-electron chi connectivity index (χ2n) is 19.0. The Kier molecular flexibility index (Phi) is 8.86. The van der Waals surface area contributed by atoms with Gasteiger partial charge in [-0.05, 0) is 108 Å². The van der Waals surface area contributed by atoms with Gasteiger partial charge in [0.2, 0.25) is 0 Å². The molecule has 0 saturated heterocycles. The quantitative estimate of drug-likeness (QED) is 0.122. The number of nitrogens with zero attached hydrogens (tertiary/aromatic N) is 1. The predicted molar refractivity (Wildman–Crippen MR) is 299 cm³/mol. The third-order valence-electron chi connectivity index (χ3n) is 15.6. The molecule has 1 spiro atoms. The number of hydrogen-bond donors (Lipinski definition) is 0. The first-order valence-electron chi connectivity index (χ1n) is 24.5. The molecule has 2 aliphatic heterocycles. The Labute approximate surface area is 417 Å². The van der Waals surface area contributed by atoms with E-state index in [9.17, 15) is 0 Å². The fourth-order valence-corrected chi connectivity index (χ4v) is 19.0. The van der Waals surface area contributed by atoms with Gasteiger partial charge in [0.05, 0.1) is 22.1 Å². The zero-order chi connectivity index (χ0) is 46.7. The van der Waals surface area contributed by atoms with E-state index >= 15 is 0 Å². The Hall–Kier alpha value is -8.41. The number of benzene rings is 11. The summed E-state index contributed by atoms with van der Waals surface area (Å²) in [6.45, 7) is 0. The number of hydrogen-bond acceptors (Lipinski definition) is 2. The van der Waals surface area contributed by atoms with E-state index in [2.05, 4.69) is 265 Å². The number of fused-ring (bicyclic) bond motifs is 14. The van der Waals surface area contributed by atoms with Gasteiger partial charge in [-0.2, -0.15) is 0 Å². The average molecular weight is 938 g/mol. The maximum atomic E-state index is 6.44. The normalized spacial score (nSPS) is 13.4. The molecule has 0 amide bonds. The van der Waals surface area contributed by atoms with Crippen molar-refractivity contribution < 1.29 is 4.42 Å². The molecule has 2 aromatic heterocycles. The molecule has 0 saturated carbocycles. The zero-order valence-electron chi connectivity index (χ0n) is 38.6. The highest BCUT2D eigenvalue weighted by Crippen LogP contribution is 2.60. The summed E-state index contributed by atoms with van der Waals surface area (Å²) < 4.78 is 9.07. The Morgan fingerprint density at radius 2 is 0.972 bits per heavy atom. The average Bonchev–Trinajstić information content (AvgIpc) is 4.00. The molecule has 332 valence electrons. The van der Waals surface area contributed by atoms with Crippen molar-refractivity contribution in [2.24, 2.45) is 0 Å². The van der Waals surface area contributed by atoms with Crippen LogP contribution in [0.5, 0.6) is 0 Å². The molecule has 0 bridgehead atoms. The van der Waals surface area contributed by atoms with Crippen LogP contribution in [0, 0.1) is 0 Å². The van der Waals surface area contributed by atoms with Crippen LogP contribution in [0.3, 0.4) is 0 Å². The lowest BCUT2D eigenvalue weighted by atomic mass is 9.63. The van der Waals surface area contributed by atoms with Gasteiger partial charge in [-0.25, -0.2) is 0 Å². The summed E-state index contributed by atoms with van der Waals surface area (Å²) in [6.07, 6.45) is 0. The summed E-state index contributed by atoms with van der Waals surface area (Å²) in [5.41, 5.74) is 14.9. The Balaban J connectivity index is 1.10. The van der Waals surface area contributed by atoms with Gasteiger partial charge in [0.15, 0.2) is 8.07 Å². The highest BCUT2D eigenvalue weighted by molar-refractivity contribution is 7.99. The maximum absolute atomic E-state index is 6.44. The van der Waals surface area contributed by atoms with E-state index in [1.807, 2.05) is 11.8 Å². The van der Waals surface area contributed by atoms with Crippen LogP contribution in [-0.4, -0.2) is 12.6 Å². The number of aromatic nitrogens is 1. The second-order valence-corrected chi connectivity index (χ2v) is 23.9. The van der Waals surface area contributed by atoms with Crippen LogP contribution in [-0.2, 0) is 5.41 Å². The fraction of sp³-hybridized carbons (Fsp3) is 0.0149. The maximum Gasteiger partial charge on any atom is 0.180 e. The molecule has 0 unspecified atom stereocenters. The van der Waals surface area contributed by atoms with Gasteiger partial charge >= 0.3 is 0 Å². The molecule has 0 atom stereocenters. The van der Waals surface area contributed by atoms with Crippen molar-refractivity contribution in [3.05, 3.63) is 283 Å². The molecule has 4 heteroatoms. The molecular weight excluding hydrogens is 895 g/mol. The largest absolute Gasteiger partial charge is 0.456 e. The standard InChI is InChI=1S/C67H43NOSSi/c1-4-20-44(21-5-1)49-26-11-17-37-64(49)71(46-22-6-2-7-23-46,47-24-8-3-9-25-47)48-39-40-54-59(43-48)68-58-41-38-45(50-28-19-34-61-65(50)52-27-10-14-33-60(52)69-61)42-53(58)51-29-18-32-57(66(51)68)67(54)55-30-12-15-35-62(55)70-63-36-16-13-31-56(63)67/h1-43H. The minimum absolute atomic E-state index is 0.605. The molecule has 0 radical (unpaired) electrons. The first kappa shape index (κ1) is 40.5. The van der Waals surface area contributed by atoms with Crippen LogP contribution in [0.15, 0.2) is 275 Å².